The number of amides is 1. The molecule has 3 N–H and O–H groups in total. The van der Waals surface area contributed by atoms with Gasteiger partial charge in [-0.15, -0.1) is 12.4 Å². The number of ether oxygens (including phenoxy) is 1. The first-order chi connectivity index (χ1) is 11.0. The number of fused-ring (bicyclic) bond motifs is 1. The summed E-state index contributed by atoms with van der Waals surface area (Å²) >= 11 is 0. The topological polar surface area (TPSA) is 64.3 Å². The molecule has 0 saturated carbocycles. The fourth-order valence-electron chi connectivity index (χ4n) is 2.12. The van der Waals surface area contributed by atoms with Gasteiger partial charge in [-0.05, 0) is 17.9 Å². The lowest BCUT2D eigenvalue weighted by atomic mass is 10.1. The lowest BCUT2D eigenvalue weighted by Crippen LogP contribution is -2.41. The quantitative estimate of drug-likeness (QED) is 0.712. The molecule has 0 bridgehead atoms. The number of halogens is 3. The van der Waals surface area contributed by atoms with Crippen LogP contribution in [-0.4, -0.2) is 31.5 Å². The standard InChI is InChI=1S/C17H20F2N2O2.ClH/c18-17(19,11-20)12-21-16(22)9-4-10-23-15-8-3-6-13-5-1-2-7-14(13)15;/h1-3,5-8H,4,9-12,20H2,(H,21,22);1H. The SMILES string of the molecule is Cl.NCC(F)(F)CNC(=O)CCCOc1cccc2ccccc12. The molecule has 0 aliphatic heterocycles. The second-order valence-corrected chi connectivity index (χ2v) is 5.27. The molecule has 0 aliphatic carbocycles. The van der Waals surface area contributed by atoms with Crippen molar-refractivity contribution in [1.82, 2.24) is 5.32 Å². The number of benzene rings is 2. The smallest absolute Gasteiger partial charge is 0.277 e. The van der Waals surface area contributed by atoms with E-state index in [2.05, 4.69) is 5.32 Å². The summed E-state index contributed by atoms with van der Waals surface area (Å²) < 4.78 is 31.5. The maximum atomic E-state index is 12.9. The van der Waals surface area contributed by atoms with Crippen LogP contribution < -0.4 is 15.8 Å². The molecule has 0 unspecified atom stereocenters. The lowest BCUT2D eigenvalue weighted by molar-refractivity contribution is -0.123. The van der Waals surface area contributed by atoms with E-state index < -0.39 is 24.9 Å². The summed E-state index contributed by atoms with van der Waals surface area (Å²) in [6.45, 7) is -1.17. The van der Waals surface area contributed by atoms with E-state index in [1.807, 2.05) is 42.5 Å². The van der Waals surface area contributed by atoms with Gasteiger partial charge < -0.3 is 15.8 Å². The Bertz CT molecular complexity index is 663. The maximum Gasteiger partial charge on any atom is 0.277 e. The third-order valence-electron chi connectivity index (χ3n) is 3.40. The van der Waals surface area contributed by atoms with Gasteiger partial charge in [0.25, 0.3) is 5.92 Å². The Morgan fingerprint density at radius 2 is 1.88 bits per heavy atom. The van der Waals surface area contributed by atoms with Crippen molar-refractivity contribution in [2.24, 2.45) is 5.73 Å². The summed E-state index contributed by atoms with van der Waals surface area (Å²) in [7, 11) is 0. The lowest BCUT2D eigenvalue weighted by Gasteiger charge is -2.14. The first kappa shape index (κ1) is 20.1. The van der Waals surface area contributed by atoms with Crippen molar-refractivity contribution in [3.63, 3.8) is 0 Å². The van der Waals surface area contributed by atoms with Gasteiger partial charge in [0.15, 0.2) is 0 Å². The van der Waals surface area contributed by atoms with Crippen molar-refractivity contribution < 1.29 is 18.3 Å². The highest BCUT2D eigenvalue weighted by atomic mass is 35.5. The molecule has 0 aromatic heterocycles. The van der Waals surface area contributed by atoms with E-state index in [4.69, 9.17) is 10.5 Å². The molecular formula is C17H21ClF2N2O2. The molecule has 2 aromatic carbocycles. The average Bonchev–Trinajstić information content (AvgIpc) is 2.57. The molecule has 0 spiro atoms. The van der Waals surface area contributed by atoms with Crippen LogP contribution in [0.4, 0.5) is 8.78 Å². The Hall–Kier alpha value is -1.92. The van der Waals surface area contributed by atoms with Crippen LogP contribution in [0.3, 0.4) is 0 Å². The van der Waals surface area contributed by atoms with E-state index in [-0.39, 0.29) is 18.8 Å². The molecule has 24 heavy (non-hydrogen) atoms. The third kappa shape index (κ3) is 5.94. The van der Waals surface area contributed by atoms with Crippen LogP contribution >= 0.6 is 12.4 Å². The minimum Gasteiger partial charge on any atom is -0.493 e. The van der Waals surface area contributed by atoms with E-state index in [0.717, 1.165) is 16.5 Å². The highest BCUT2D eigenvalue weighted by Gasteiger charge is 2.26. The Morgan fingerprint density at radius 3 is 2.62 bits per heavy atom. The highest BCUT2D eigenvalue weighted by molar-refractivity contribution is 5.88. The molecule has 0 heterocycles. The molecule has 0 radical (unpaired) electrons. The predicted molar refractivity (Wildman–Crippen MR) is 92.9 cm³/mol. The molecule has 7 heteroatoms. The van der Waals surface area contributed by atoms with E-state index in [0.29, 0.717) is 13.0 Å². The van der Waals surface area contributed by atoms with E-state index in [1.165, 1.54) is 0 Å². The van der Waals surface area contributed by atoms with Crippen LogP contribution in [0.25, 0.3) is 10.8 Å². The predicted octanol–water partition coefficient (Wildman–Crippen LogP) is 3.13. The maximum absolute atomic E-state index is 12.9. The fraction of sp³-hybridized carbons (Fsp3) is 0.353. The second kappa shape index (κ2) is 9.39. The van der Waals surface area contributed by atoms with Crippen molar-refractivity contribution in [2.45, 2.75) is 18.8 Å². The molecule has 0 atom stereocenters. The summed E-state index contributed by atoms with van der Waals surface area (Å²) in [6, 6.07) is 13.6. The normalized spacial score (nSPS) is 11.0. The first-order valence-corrected chi connectivity index (χ1v) is 7.47. The van der Waals surface area contributed by atoms with E-state index in [9.17, 15) is 13.6 Å². The zero-order valence-corrected chi connectivity index (χ0v) is 14.0. The van der Waals surface area contributed by atoms with Gasteiger partial charge in [-0.3, -0.25) is 4.79 Å². The van der Waals surface area contributed by atoms with Gasteiger partial charge >= 0.3 is 0 Å². The summed E-state index contributed by atoms with van der Waals surface area (Å²) in [4.78, 5) is 11.5. The average molecular weight is 359 g/mol. The number of nitrogens with two attached hydrogens (primary N) is 1. The molecule has 2 aromatic rings. The molecule has 4 nitrogen and oxygen atoms in total. The van der Waals surface area contributed by atoms with E-state index >= 15 is 0 Å². The van der Waals surface area contributed by atoms with Crippen molar-refractivity contribution in [3.05, 3.63) is 42.5 Å². The van der Waals surface area contributed by atoms with Crippen LogP contribution in [0.15, 0.2) is 42.5 Å². The molecule has 2 rings (SSSR count). The monoisotopic (exact) mass is 358 g/mol. The third-order valence-corrected chi connectivity index (χ3v) is 3.40. The molecule has 0 saturated heterocycles. The van der Waals surface area contributed by atoms with Crippen LogP contribution in [-0.2, 0) is 4.79 Å². The number of hydrogen-bond donors (Lipinski definition) is 2. The molecular weight excluding hydrogens is 338 g/mol. The number of hydrogen-bond acceptors (Lipinski definition) is 3. The second-order valence-electron chi connectivity index (χ2n) is 5.27. The van der Waals surface area contributed by atoms with Gasteiger partial charge in [0.05, 0.1) is 19.7 Å². The van der Waals surface area contributed by atoms with Crippen molar-refractivity contribution in [1.29, 1.82) is 0 Å². The van der Waals surface area contributed by atoms with Crippen LogP contribution in [0.2, 0.25) is 0 Å². The summed E-state index contributed by atoms with van der Waals surface area (Å²) in [5, 5.41) is 4.26. The van der Waals surface area contributed by atoms with Crippen LogP contribution in [0, 0.1) is 0 Å². The van der Waals surface area contributed by atoms with Gasteiger partial charge in [-0.1, -0.05) is 36.4 Å². The Morgan fingerprint density at radius 1 is 1.17 bits per heavy atom. The summed E-state index contributed by atoms with van der Waals surface area (Å²) in [5.41, 5.74) is 4.90. The number of nitrogens with one attached hydrogen (secondary N) is 1. The van der Waals surface area contributed by atoms with Crippen molar-refractivity contribution in [2.75, 3.05) is 19.7 Å². The zero-order chi connectivity index (χ0) is 16.7. The van der Waals surface area contributed by atoms with Crippen molar-refractivity contribution >= 4 is 29.1 Å². The number of carbonyl (C=O) groups excluding carboxylic acids is 1. The Balaban J connectivity index is 0.00000288. The first-order valence-electron chi connectivity index (χ1n) is 7.47. The van der Waals surface area contributed by atoms with E-state index in [1.54, 1.807) is 0 Å². The van der Waals surface area contributed by atoms with Gasteiger partial charge in [-0.2, -0.15) is 0 Å². The minimum absolute atomic E-state index is 0. The van der Waals surface area contributed by atoms with Gasteiger partial charge in [0.2, 0.25) is 5.91 Å². The molecule has 132 valence electrons. The Labute approximate surface area is 145 Å². The van der Waals surface area contributed by atoms with Crippen LogP contribution in [0.1, 0.15) is 12.8 Å². The summed E-state index contributed by atoms with van der Waals surface area (Å²) in [6.07, 6.45) is 0.578. The Kier molecular flexibility index (Phi) is 7.88. The zero-order valence-electron chi connectivity index (χ0n) is 13.1. The van der Waals surface area contributed by atoms with Gasteiger partial charge in [0, 0.05) is 11.8 Å². The molecule has 0 aliphatic rings. The van der Waals surface area contributed by atoms with Crippen molar-refractivity contribution in [3.8, 4) is 5.75 Å². The largest absolute Gasteiger partial charge is 0.493 e. The molecule has 0 fully saturated rings. The number of carbonyl (C=O) groups is 1. The van der Waals surface area contributed by atoms with Gasteiger partial charge in [0.1, 0.15) is 5.75 Å². The minimum atomic E-state index is -3.06. The molecule has 1 amide bonds. The van der Waals surface area contributed by atoms with Gasteiger partial charge in [-0.25, -0.2) is 8.78 Å². The summed E-state index contributed by atoms with van der Waals surface area (Å²) in [5.74, 6) is -2.74. The number of alkyl halides is 2. The highest BCUT2D eigenvalue weighted by Crippen LogP contribution is 2.25. The van der Waals surface area contributed by atoms with Crippen LogP contribution in [0.5, 0.6) is 5.75 Å². The fourth-order valence-corrected chi connectivity index (χ4v) is 2.12. The number of rotatable bonds is 8.